The summed E-state index contributed by atoms with van der Waals surface area (Å²) in [6.45, 7) is 8.69. The largest absolute Gasteiger partial charge is 0.469 e. The number of carbonyl (C=O) groups excluding carboxylic acids is 1. The lowest BCUT2D eigenvalue weighted by molar-refractivity contribution is -0.144. The highest BCUT2D eigenvalue weighted by atomic mass is 28.3. The first-order chi connectivity index (χ1) is 7.81. The van der Waals surface area contributed by atoms with Gasteiger partial charge in [0.25, 0.3) is 0 Å². The van der Waals surface area contributed by atoms with Gasteiger partial charge in [-0.2, -0.15) is 0 Å². The van der Waals surface area contributed by atoms with Gasteiger partial charge in [0.1, 0.15) is 0 Å². The molecule has 0 radical (unpaired) electrons. The van der Waals surface area contributed by atoms with Crippen LogP contribution in [0.25, 0.3) is 0 Å². The zero-order valence-electron chi connectivity index (χ0n) is 11.4. The molecule has 17 heavy (non-hydrogen) atoms. The highest BCUT2D eigenvalue weighted by Crippen LogP contribution is 2.42. The van der Waals surface area contributed by atoms with Crippen LogP contribution in [0.1, 0.15) is 12.5 Å². The van der Waals surface area contributed by atoms with E-state index >= 15 is 0 Å². The fraction of sp³-hybridized carbons (Fsp3) is 0.500. The van der Waals surface area contributed by atoms with Gasteiger partial charge in [-0.05, 0) is 12.0 Å². The minimum atomic E-state index is -1.65. The highest BCUT2D eigenvalue weighted by molar-refractivity contribution is 6.82. The van der Waals surface area contributed by atoms with Crippen LogP contribution in [-0.4, -0.2) is 21.2 Å². The summed E-state index contributed by atoms with van der Waals surface area (Å²) in [5, 5.41) is -0.372. The van der Waals surface area contributed by atoms with Gasteiger partial charge >= 0.3 is 5.97 Å². The Morgan fingerprint density at radius 1 is 1.24 bits per heavy atom. The molecule has 0 saturated carbocycles. The molecule has 0 aromatic heterocycles. The van der Waals surface area contributed by atoms with Gasteiger partial charge in [-0.1, -0.05) is 56.9 Å². The van der Waals surface area contributed by atoms with Crippen LogP contribution in [0.3, 0.4) is 0 Å². The van der Waals surface area contributed by atoms with Crippen LogP contribution >= 0.6 is 0 Å². The van der Waals surface area contributed by atoms with Gasteiger partial charge in [0.2, 0.25) is 0 Å². The van der Waals surface area contributed by atoms with Crippen LogP contribution in [0.5, 0.6) is 0 Å². The van der Waals surface area contributed by atoms with E-state index in [-0.39, 0.29) is 11.0 Å². The third kappa shape index (κ3) is 2.97. The second-order valence-electron chi connectivity index (χ2n) is 5.74. The van der Waals surface area contributed by atoms with Crippen molar-refractivity contribution < 1.29 is 9.53 Å². The maximum atomic E-state index is 12.1. The predicted octanol–water partition coefficient (Wildman–Crippen LogP) is 3.50. The van der Waals surface area contributed by atoms with E-state index < -0.39 is 8.07 Å². The summed E-state index contributed by atoms with van der Waals surface area (Å²) in [6, 6.07) is 10.2. The van der Waals surface area contributed by atoms with Crippen LogP contribution in [0.4, 0.5) is 0 Å². The van der Waals surface area contributed by atoms with Gasteiger partial charge in [-0.15, -0.1) is 0 Å². The number of hydrogen-bond donors (Lipinski definition) is 0. The molecule has 0 amide bonds. The minimum Gasteiger partial charge on any atom is -0.469 e. The third-order valence-corrected chi connectivity index (χ3v) is 7.38. The Morgan fingerprint density at radius 2 is 1.76 bits per heavy atom. The van der Waals surface area contributed by atoms with Gasteiger partial charge in [0, 0.05) is 0 Å². The summed E-state index contributed by atoms with van der Waals surface area (Å²) in [5.74, 6) is -0.0829. The summed E-state index contributed by atoms with van der Waals surface area (Å²) >= 11 is 0. The molecule has 0 aliphatic rings. The lowest BCUT2D eigenvalue weighted by atomic mass is 10.00. The van der Waals surface area contributed by atoms with Crippen molar-refractivity contribution in [1.29, 1.82) is 0 Å². The van der Waals surface area contributed by atoms with E-state index in [4.69, 9.17) is 4.74 Å². The number of methoxy groups -OCH3 is 1. The topological polar surface area (TPSA) is 26.3 Å². The van der Waals surface area contributed by atoms with Crippen LogP contribution < -0.4 is 0 Å². The van der Waals surface area contributed by atoms with E-state index in [1.807, 2.05) is 25.1 Å². The smallest absolute Gasteiger partial charge is 0.309 e. The lowest BCUT2D eigenvalue weighted by Crippen LogP contribution is -2.45. The first-order valence-corrected chi connectivity index (χ1v) is 9.43. The van der Waals surface area contributed by atoms with Crippen LogP contribution in [-0.2, 0) is 16.0 Å². The number of ether oxygens (including phenoxy) is 1. The Balaban J connectivity index is 3.05. The Kier molecular flexibility index (Phi) is 4.15. The highest BCUT2D eigenvalue weighted by Gasteiger charge is 2.46. The summed E-state index contributed by atoms with van der Waals surface area (Å²) in [7, 11) is -0.174. The molecule has 3 heteroatoms. The average molecular weight is 250 g/mol. The summed E-state index contributed by atoms with van der Waals surface area (Å²) in [6.07, 6.45) is 0.760. The molecule has 1 aromatic rings. The summed E-state index contributed by atoms with van der Waals surface area (Å²) in [5.41, 5.74) is 1.20. The van der Waals surface area contributed by atoms with Crippen LogP contribution in [0.15, 0.2) is 30.3 Å². The zero-order valence-corrected chi connectivity index (χ0v) is 12.4. The third-order valence-electron chi connectivity index (χ3n) is 3.69. The maximum Gasteiger partial charge on any atom is 0.309 e. The number of carbonyl (C=O) groups is 1. The van der Waals surface area contributed by atoms with Crippen LogP contribution in [0, 0.1) is 0 Å². The monoisotopic (exact) mass is 250 g/mol. The van der Waals surface area contributed by atoms with E-state index in [0.29, 0.717) is 0 Å². The molecule has 0 N–H and O–H groups in total. The van der Waals surface area contributed by atoms with Crippen LogP contribution in [0.2, 0.25) is 24.7 Å². The van der Waals surface area contributed by atoms with Gasteiger partial charge in [0.15, 0.2) is 0 Å². The molecule has 94 valence electrons. The number of benzene rings is 1. The average Bonchev–Trinajstić information content (AvgIpc) is 2.27. The van der Waals surface area contributed by atoms with Crippen molar-refractivity contribution in [2.45, 2.75) is 38.0 Å². The minimum absolute atomic E-state index is 0.0829. The van der Waals surface area contributed by atoms with E-state index in [0.717, 1.165) is 6.42 Å². The van der Waals surface area contributed by atoms with E-state index in [2.05, 4.69) is 31.8 Å². The molecule has 1 atom stereocenters. The Labute approximate surface area is 105 Å². The standard InChI is InChI=1S/C14H22O2Si/c1-14(13(15)16-2,17(3,4)5)11-12-9-7-6-8-10-12/h6-10H,11H2,1-5H3. The molecule has 0 spiro atoms. The van der Waals surface area contributed by atoms with Gasteiger partial charge < -0.3 is 4.74 Å². The van der Waals surface area contributed by atoms with E-state index in [9.17, 15) is 4.79 Å². The Bertz CT molecular complexity index is 381. The van der Waals surface area contributed by atoms with Crippen molar-refractivity contribution in [1.82, 2.24) is 0 Å². The molecule has 0 aliphatic carbocycles. The first-order valence-electron chi connectivity index (χ1n) is 5.93. The van der Waals surface area contributed by atoms with Crippen molar-refractivity contribution in [3.8, 4) is 0 Å². The molecule has 0 bridgehead atoms. The van der Waals surface area contributed by atoms with Crippen molar-refractivity contribution in [2.24, 2.45) is 0 Å². The molecule has 0 fully saturated rings. The molecule has 1 rings (SSSR count). The number of rotatable bonds is 4. The van der Waals surface area contributed by atoms with Gasteiger partial charge in [-0.3, -0.25) is 4.79 Å². The predicted molar refractivity (Wildman–Crippen MR) is 73.9 cm³/mol. The van der Waals surface area contributed by atoms with Crippen molar-refractivity contribution in [3.63, 3.8) is 0 Å². The maximum absolute atomic E-state index is 12.1. The van der Waals surface area contributed by atoms with Crippen molar-refractivity contribution in [2.75, 3.05) is 7.11 Å². The molecule has 0 heterocycles. The Hall–Kier alpha value is -1.09. The fourth-order valence-electron chi connectivity index (χ4n) is 1.87. The van der Waals surface area contributed by atoms with E-state index in [1.165, 1.54) is 12.7 Å². The Morgan fingerprint density at radius 3 is 2.18 bits per heavy atom. The molecule has 0 aliphatic heterocycles. The van der Waals surface area contributed by atoms with Gasteiger partial charge in [0.05, 0.1) is 20.2 Å². The number of esters is 1. The molecule has 1 unspecified atom stereocenters. The van der Waals surface area contributed by atoms with E-state index in [1.54, 1.807) is 0 Å². The van der Waals surface area contributed by atoms with Crippen molar-refractivity contribution >= 4 is 14.0 Å². The first kappa shape index (κ1) is 14.0. The summed E-state index contributed by atoms with van der Waals surface area (Å²) in [4.78, 5) is 12.1. The normalized spacial score (nSPS) is 15.1. The molecular formula is C14H22O2Si. The molecule has 0 saturated heterocycles. The molecule has 2 nitrogen and oxygen atoms in total. The quantitative estimate of drug-likeness (QED) is 0.604. The van der Waals surface area contributed by atoms with Gasteiger partial charge in [-0.25, -0.2) is 0 Å². The molecule has 1 aromatic carbocycles. The second-order valence-corrected chi connectivity index (χ2v) is 11.3. The molecular weight excluding hydrogens is 228 g/mol. The number of hydrogen-bond acceptors (Lipinski definition) is 2. The SMILES string of the molecule is COC(=O)C(C)(Cc1ccccc1)[Si](C)(C)C. The lowest BCUT2D eigenvalue weighted by Gasteiger charge is -2.37. The summed E-state index contributed by atoms with van der Waals surface area (Å²) < 4.78 is 5.01. The van der Waals surface area contributed by atoms with Crippen molar-refractivity contribution in [3.05, 3.63) is 35.9 Å². The zero-order chi connectivity index (χ0) is 13.1. The second kappa shape index (κ2) is 5.04. The fourth-order valence-corrected chi connectivity index (χ4v) is 3.32.